The summed E-state index contributed by atoms with van der Waals surface area (Å²) in [4.78, 5) is 9.13. The minimum Gasteiger partial charge on any atom is -0.423 e. The number of halogens is 1. The van der Waals surface area contributed by atoms with Gasteiger partial charge in [0, 0.05) is 38.8 Å². The van der Waals surface area contributed by atoms with Crippen LogP contribution in [0.4, 0.5) is 0 Å². The maximum Gasteiger partial charge on any atom is 0.488 e. The molecule has 0 bridgehead atoms. The van der Waals surface area contributed by atoms with Gasteiger partial charge in [0.2, 0.25) is 0 Å². The van der Waals surface area contributed by atoms with E-state index >= 15 is 0 Å². The molecule has 0 fully saturated rings. The SMILES string of the molecule is Brc1ccc2c(c1)C1(Cc3ccc(-c4ccccn4)cc3C1)c1ccccc1-2.C=Cc1ccc(-c2ccc3c(c2)C2(Cc4ccc(-c5ccccn5)cc4C2)c2ccccc2-3)cc1.C=Cc1ccc(B(O)O)cc1. The van der Waals surface area contributed by atoms with E-state index in [0.29, 0.717) is 5.46 Å². The molecule has 0 amide bonds. The van der Waals surface area contributed by atoms with Crippen molar-refractivity contribution < 1.29 is 10.0 Å². The van der Waals surface area contributed by atoms with Crippen molar-refractivity contribution >= 4 is 40.7 Å². The molecule has 0 saturated heterocycles. The third kappa shape index (κ3) is 8.39. The predicted octanol–water partition coefficient (Wildman–Crippen LogP) is 14.7. The molecule has 2 spiro atoms. The Hall–Kier alpha value is -8.00. The van der Waals surface area contributed by atoms with Crippen LogP contribution in [0.2, 0.25) is 0 Å². The molecule has 2 aromatic heterocycles. The van der Waals surface area contributed by atoms with Crippen LogP contribution in [0.3, 0.4) is 0 Å². The first-order valence-electron chi connectivity index (χ1n) is 25.3. The third-order valence-electron chi connectivity index (χ3n) is 15.8. The first kappa shape index (κ1) is 47.0. The van der Waals surface area contributed by atoms with Crippen LogP contribution in [0.15, 0.2) is 236 Å². The van der Waals surface area contributed by atoms with E-state index in [2.05, 4.69) is 209 Å². The second-order valence-corrected chi connectivity index (χ2v) is 20.8. The number of rotatable bonds is 6. The highest BCUT2D eigenvalue weighted by Crippen LogP contribution is 2.57. The van der Waals surface area contributed by atoms with Crippen LogP contribution in [0, 0.1) is 0 Å². The Bertz CT molecular complexity index is 3760. The fourth-order valence-corrected chi connectivity index (χ4v) is 12.5. The Kier molecular flexibility index (Phi) is 12.4. The molecule has 0 aliphatic heterocycles. The molecular weight excluding hydrogens is 967 g/mol. The normalized spacial score (nSPS) is 16.6. The van der Waals surface area contributed by atoms with E-state index < -0.39 is 7.12 Å². The van der Waals surface area contributed by atoms with Gasteiger partial charge < -0.3 is 10.0 Å². The van der Waals surface area contributed by atoms with Crippen molar-refractivity contribution in [2.75, 3.05) is 0 Å². The molecule has 4 nitrogen and oxygen atoms in total. The number of hydrogen-bond donors (Lipinski definition) is 2. The number of pyridine rings is 2. The second kappa shape index (κ2) is 19.5. The van der Waals surface area contributed by atoms with Gasteiger partial charge in [-0.2, -0.15) is 0 Å². The van der Waals surface area contributed by atoms with Crippen molar-refractivity contribution in [1.29, 1.82) is 0 Å². The van der Waals surface area contributed by atoms with E-state index in [9.17, 15) is 0 Å². The van der Waals surface area contributed by atoms with Crippen molar-refractivity contribution in [3.8, 4) is 55.9 Å². The number of hydrogen-bond acceptors (Lipinski definition) is 4. The molecule has 14 rings (SSSR count). The van der Waals surface area contributed by atoms with E-state index in [0.717, 1.165) is 52.7 Å². The first-order valence-corrected chi connectivity index (χ1v) is 26.0. The Balaban J connectivity index is 0.000000127. The molecule has 8 aromatic carbocycles. The molecule has 6 heteroatoms. The number of fused-ring (bicyclic) bond motifs is 12. The Morgan fingerprint density at radius 1 is 0.405 bits per heavy atom. The first-order chi connectivity index (χ1) is 36.2. The van der Waals surface area contributed by atoms with Gasteiger partial charge in [0.25, 0.3) is 0 Å². The van der Waals surface area contributed by atoms with Crippen molar-refractivity contribution in [2.45, 2.75) is 36.5 Å². The summed E-state index contributed by atoms with van der Waals surface area (Å²) in [5, 5.41) is 17.4. The zero-order valence-corrected chi connectivity index (χ0v) is 42.5. The quantitative estimate of drug-likeness (QED) is 0.163. The average molecular weight is 1020 g/mol. The van der Waals surface area contributed by atoms with Crippen LogP contribution >= 0.6 is 15.9 Å². The predicted molar refractivity (Wildman–Crippen MR) is 309 cm³/mol. The summed E-state index contributed by atoms with van der Waals surface area (Å²) in [6.07, 6.45) is 11.5. The van der Waals surface area contributed by atoms with Crippen LogP contribution < -0.4 is 5.46 Å². The van der Waals surface area contributed by atoms with Crippen LogP contribution in [-0.2, 0) is 36.5 Å². The lowest BCUT2D eigenvalue weighted by Crippen LogP contribution is -2.29. The fraction of sp³-hybridized carbons (Fsp3) is 0.0882. The van der Waals surface area contributed by atoms with Gasteiger partial charge >= 0.3 is 7.12 Å². The van der Waals surface area contributed by atoms with E-state index in [1.165, 1.54) is 89.0 Å². The highest BCUT2D eigenvalue weighted by molar-refractivity contribution is 9.10. The van der Waals surface area contributed by atoms with Crippen LogP contribution in [-0.4, -0.2) is 27.1 Å². The van der Waals surface area contributed by atoms with Crippen molar-refractivity contribution in [1.82, 2.24) is 9.97 Å². The summed E-state index contributed by atoms with van der Waals surface area (Å²) in [7, 11) is -1.38. The van der Waals surface area contributed by atoms with Gasteiger partial charge in [-0.15, -0.1) is 0 Å². The summed E-state index contributed by atoms with van der Waals surface area (Å²) < 4.78 is 1.16. The van der Waals surface area contributed by atoms with E-state index in [1.807, 2.05) is 30.6 Å². The minimum absolute atomic E-state index is 0.0198. The van der Waals surface area contributed by atoms with Crippen LogP contribution in [0.25, 0.3) is 68.0 Å². The molecule has 2 unspecified atom stereocenters. The van der Waals surface area contributed by atoms with Gasteiger partial charge in [0.1, 0.15) is 0 Å². The maximum absolute atomic E-state index is 8.72. The fourth-order valence-electron chi connectivity index (χ4n) is 12.2. The van der Waals surface area contributed by atoms with Crippen molar-refractivity contribution in [2.24, 2.45) is 0 Å². The smallest absolute Gasteiger partial charge is 0.423 e. The second-order valence-electron chi connectivity index (χ2n) is 19.9. The number of benzene rings is 8. The zero-order valence-electron chi connectivity index (χ0n) is 40.9. The van der Waals surface area contributed by atoms with Crippen LogP contribution in [0.1, 0.15) is 55.6 Å². The van der Waals surface area contributed by atoms with Gasteiger partial charge in [-0.25, -0.2) is 0 Å². The molecule has 4 aliphatic carbocycles. The molecular formula is C68H52BBrN2O2. The van der Waals surface area contributed by atoms with E-state index in [1.54, 1.807) is 30.3 Å². The number of aromatic nitrogens is 2. The molecule has 0 radical (unpaired) electrons. The molecule has 356 valence electrons. The lowest BCUT2D eigenvalue weighted by atomic mass is 9.75. The van der Waals surface area contributed by atoms with Gasteiger partial charge in [0.15, 0.2) is 0 Å². The minimum atomic E-state index is -1.38. The topological polar surface area (TPSA) is 66.2 Å². The molecule has 2 N–H and O–H groups in total. The Morgan fingerprint density at radius 3 is 1.34 bits per heavy atom. The maximum atomic E-state index is 8.72. The molecule has 0 saturated carbocycles. The zero-order chi connectivity index (χ0) is 50.4. The summed E-state index contributed by atoms with van der Waals surface area (Å²) >= 11 is 3.71. The molecule has 2 atom stereocenters. The largest absolute Gasteiger partial charge is 0.488 e. The lowest BCUT2D eigenvalue weighted by Gasteiger charge is -2.27. The Morgan fingerprint density at radius 2 is 0.838 bits per heavy atom. The van der Waals surface area contributed by atoms with Gasteiger partial charge in [-0.1, -0.05) is 193 Å². The number of nitrogens with zero attached hydrogens (tertiary/aromatic N) is 2. The van der Waals surface area contributed by atoms with Crippen molar-refractivity contribution in [3.63, 3.8) is 0 Å². The third-order valence-corrected chi connectivity index (χ3v) is 16.2. The highest BCUT2D eigenvalue weighted by Gasteiger charge is 2.48. The monoisotopic (exact) mass is 1020 g/mol. The lowest BCUT2D eigenvalue weighted by molar-refractivity contribution is 0.426. The standard InChI is InChI=1S/C34H25N.C26H18BrN.C8H9BO2/c1-2-23-10-12-24(13-11-23)25-16-17-30-29-7-3-4-8-31(29)34(32(30)20-25)21-27-15-14-26(19-28(27)22-34)33-9-5-6-18-35-33;27-20-10-11-22-21-5-1-2-6-23(21)26(24(22)14-20)15-18-9-8-17(13-19(18)16-26)25-7-3-4-12-28-25;1-2-7-3-5-8(6-4-7)9(10)11/h2-20H,1,21-22H2;1-14H,15-16H2;2-6,10-11H,1H2. The highest BCUT2D eigenvalue weighted by atomic mass is 79.9. The summed E-state index contributed by atoms with van der Waals surface area (Å²) in [5.74, 6) is 0. The summed E-state index contributed by atoms with van der Waals surface area (Å²) in [6, 6.07) is 73.4. The molecule has 74 heavy (non-hydrogen) atoms. The van der Waals surface area contributed by atoms with Gasteiger partial charge in [-0.05, 0) is 175 Å². The van der Waals surface area contributed by atoms with E-state index in [-0.39, 0.29) is 10.8 Å². The van der Waals surface area contributed by atoms with E-state index in [4.69, 9.17) is 10.0 Å². The van der Waals surface area contributed by atoms with Crippen LogP contribution in [0.5, 0.6) is 0 Å². The van der Waals surface area contributed by atoms with Gasteiger partial charge in [0.05, 0.1) is 11.4 Å². The molecule has 10 aromatic rings. The van der Waals surface area contributed by atoms with Crippen molar-refractivity contribution in [3.05, 3.63) is 292 Å². The van der Waals surface area contributed by atoms with Gasteiger partial charge in [-0.3, -0.25) is 9.97 Å². The summed E-state index contributed by atoms with van der Waals surface area (Å²) in [5.41, 5.74) is 26.8. The molecule has 4 aliphatic rings. The average Bonchev–Trinajstić information content (AvgIpc) is 4.19. The summed E-state index contributed by atoms with van der Waals surface area (Å²) in [6.45, 7) is 7.47. The molecule has 2 heterocycles. The Labute approximate surface area is 442 Å².